The maximum Gasteiger partial charge on any atom is 0.416 e. The normalized spacial score (nSPS) is 11.7. The van der Waals surface area contributed by atoms with Gasteiger partial charge in [0.05, 0.1) is 22.2 Å². The predicted molar refractivity (Wildman–Crippen MR) is 136 cm³/mol. The van der Waals surface area contributed by atoms with Crippen molar-refractivity contribution in [2.75, 3.05) is 26.0 Å². The SMILES string of the molecule is CC.CN=C(NOCCc1ccccc1)c1nn(-c2c(Cl)cc(C(F)(F)F)cc2Cl)c(NC)c1C. The molecule has 3 rings (SSSR count). The Morgan fingerprint density at radius 2 is 1.71 bits per heavy atom. The summed E-state index contributed by atoms with van der Waals surface area (Å²) in [6.45, 7) is 6.17. The van der Waals surface area contributed by atoms with Crippen LogP contribution in [0.3, 0.4) is 0 Å². The Hall–Kier alpha value is -2.75. The molecule has 35 heavy (non-hydrogen) atoms. The highest BCUT2D eigenvalue weighted by Gasteiger charge is 2.33. The number of anilines is 1. The van der Waals surface area contributed by atoms with Gasteiger partial charge in [-0.2, -0.15) is 18.3 Å². The number of aromatic nitrogens is 2. The highest BCUT2D eigenvalue weighted by Crippen LogP contribution is 2.39. The Balaban J connectivity index is 0.00000210. The largest absolute Gasteiger partial charge is 0.416 e. The van der Waals surface area contributed by atoms with E-state index >= 15 is 0 Å². The summed E-state index contributed by atoms with van der Waals surface area (Å²) in [5, 5.41) is 7.11. The summed E-state index contributed by atoms with van der Waals surface area (Å²) in [7, 11) is 3.22. The third kappa shape index (κ3) is 6.90. The number of aliphatic imine (C=N–C) groups is 1. The molecule has 1 aromatic heterocycles. The number of benzene rings is 2. The topological polar surface area (TPSA) is 63.5 Å². The number of halogens is 5. The van der Waals surface area contributed by atoms with Crippen LogP contribution < -0.4 is 10.8 Å². The quantitative estimate of drug-likeness (QED) is 0.154. The number of rotatable bonds is 7. The lowest BCUT2D eigenvalue weighted by molar-refractivity contribution is -0.137. The molecule has 2 aromatic carbocycles. The first-order valence-electron chi connectivity index (χ1n) is 10.9. The molecular formula is C24H28Cl2F3N5O. The lowest BCUT2D eigenvalue weighted by Gasteiger charge is -2.14. The molecule has 0 aliphatic rings. The minimum Gasteiger partial charge on any atom is -0.373 e. The van der Waals surface area contributed by atoms with Gasteiger partial charge in [-0.1, -0.05) is 67.4 Å². The van der Waals surface area contributed by atoms with Gasteiger partial charge in [0, 0.05) is 19.7 Å². The molecule has 0 bridgehead atoms. The third-order valence-electron chi connectivity index (χ3n) is 4.87. The monoisotopic (exact) mass is 529 g/mol. The highest BCUT2D eigenvalue weighted by atomic mass is 35.5. The van der Waals surface area contributed by atoms with Crippen molar-refractivity contribution < 1.29 is 18.0 Å². The van der Waals surface area contributed by atoms with Gasteiger partial charge >= 0.3 is 6.18 Å². The van der Waals surface area contributed by atoms with Crippen LogP contribution >= 0.6 is 23.2 Å². The molecule has 0 aliphatic carbocycles. The lowest BCUT2D eigenvalue weighted by Crippen LogP contribution is -2.27. The molecule has 2 N–H and O–H groups in total. The van der Waals surface area contributed by atoms with Crippen LogP contribution in [0.15, 0.2) is 47.5 Å². The van der Waals surface area contributed by atoms with E-state index in [0.29, 0.717) is 35.9 Å². The smallest absolute Gasteiger partial charge is 0.373 e. The maximum absolute atomic E-state index is 13.1. The molecule has 0 saturated carbocycles. The molecule has 190 valence electrons. The summed E-state index contributed by atoms with van der Waals surface area (Å²) in [6.07, 6.45) is -3.89. The molecule has 0 amide bonds. The zero-order valence-corrected chi connectivity index (χ0v) is 21.6. The number of hydrogen-bond acceptors (Lipinski definition) is 4. The maximum atomic E-state index is 13.1. The van der Waals surface area contributed by atoms with Crippen molar-refractivity contribution >= 4 is 34.9 Å². The van der Waals surface area contributed by atoms with E-state index in [0.717, 1.165) is 17.7 Å². The van der Waals surface area contributed by atoms with E-state index in [4.69, 9.17) is 28.0 Å². The van der Waals surface area contributed by atoms with Crippen LogP contribution in [0.2, 0.25) is 10.0 Å². The molecule has 1 heterocycles. The molecule has 0 saturated heterocycles. The van der Waals surface area contributed by atoms with Gasteiger partial charge in [-0.15, -0.1) is 0 Å². The fourth-order valence-corrected chi connectivity index (χ4v) is 3.89. The Kier molecular flexibility index (Phi) is 10.4. The van der Waals surface area contributed by atoms with Gasteiger partial charge in [0.25, 0.3) is 0 Å². The number of nitrogens with one attached hydrogen (secondary N) is 2. The predicted octanol–water partition coefficient (Wildman–Crippen LogP) is 6.71. The van der Waals surface area contributed by atoms with E-state index in [2.05, 4.69) is 20.9 Å². The average molecular weight is 530 g/mol. The van der Waals surface area contributed by atoms with Gasteiger partial charge in [0.2, 0.25) is 0 Å². The number of amidine groups is 1. The first-order valence-corrected chi connectivity index (χ1v) is 11.7. The molecule has 0 fully saturated rings. The van der Waals surface area contributed by atoms with Crippen molar-refractivity contribution in [1.29, 1.82) is 0 Å². The van der Waals surface area contributed by atoms with Crippen LogP contribution in [0.4, 0.5) is 19.0 Å². The molecular weight excluding hydrogens is 502 g/mol. The van der Waals surface area contributed by atoms with E-state index in [9.17, 15) is 13.2 Å². The van der Waals surface area contributed by atoms with Crippen molar-refractivity contribution in [3.8, 4) is 5.69 Å². The number of alkyl halides is 3. The van der Waals surface area contributed by atoms with Crippen molar-refractivity contribution in [2.24, 2.45) is 4.99 Å². The standard InChI is InChI=1S/C22H22Cl2F3N5O.C2H6/c1-13-18(20(28-2)31-33-10-9-14-7-5-4-6-8-14)30-32(21(13)29-3)19-16(23)11-15(12-17(19)24)22(25,26)27;1-2/h4-8,11-12,29H,9-10H2,1-3H3,(H,28,31);1-2H3. The summed E-state index contributed by atoms with van der Waals surface area (Å²) in [5.41, 5.74) is 4.19. The van der Waals surface area contributed by atoms with Crippen LogP contribution in [0.1, 0.15) is 36.2 Å². The van der Waals surface area contributed by atoms with Gasteiger partial charge < -0.3 is 5.32 Å². The van der Waals surface area contributed by atoms with E-state index in [1.165, 1.54) is 4.68 Å². The summed E-state index contributed by atoms with van der Waals surface area (Å²) < 4.78 is 40.7. The second-order valence-electron chi connectivity index (χ2n) is 7.03. The van der Waals surface area contributed by atoms with Gasteiger partial charge in [0.1, 0.15) is 17.2 Å². The molecule has 6 nitrogen and oxygen atoms in total. The number of hydroxylamine groups is 1. The second-order valence-corrected chi connectivity index (χ2v) is 7.84. The van der Waals surface area contributed by atoms with E-state index < -0.39 is 11.7 Å². The van der Waals surface area contributed by atoms with Crippen molar-refractivity contribution in [3.63, 3.8) is 0 Å². The van der Waals surface area contributed by atoms with Gasteiger partial charge in [0.15, 0.2) is 5.84 Å². The second kappa shape index (κ2) is 12.8. The summed E-state index contributed by atoms with van der Waals surface area (Å²) in [5.74, 6) is 0.829. The molecule has 11 heteroatoms. The van der Waals surface area contributed by atoms with Crippen LogP contribution in [-0.4, -0.2) is 36.3 Å². The van der Waals surface area contributed by atoms with Gasteiger partial charge in [-0.3, -0.25) is 9.83 Å². The molecule has 0 radical (unpaired) electrons. The van der Waals surface area contributed by atoms with Crippen LogP contribution in [-0.2, 0) is 17.4 Å². The van der Waals surface area contributed by atoms with E-state index in [1.807, 2.05) is 44.2 Å². The molecule has 3 aromatic rings. The minimum atomic E-state index is -4.58. The Bertz CT molecular complexity index is 1130. The van der Waals surface area contributed by atoms with E-state index in [-0.39, 0.29) is 15.7 Å². The fraction of sp³-hybridized carbons (Fsp3) is 0.333. The Morgan fingerprint density at radius 3 is 2.23 bits per heavy atom. The highest BCUT2D eigenvalue weighted by molar-refractivity contribution is 6.38. The van der Waals surface area contributed by atoms with Crippen molar-refractivity contribution in [3.05, 3.63) is 74.9 Å². The molecule has 0 aliphatic heterocycles. The Morgan fingerprint density at radius 1 is 1.11 bits per heavy atom. The van der Waals surface area contributed by atoms with Gasteiger partial charge in [-0.05, 0) is 31.0 Å². The number of nitrogens with zero attached hydrogens (tertiary/aromatic N) is 3. The molecule has 0 spiro atoms. The lowest BCUT2D eigenvalue weighted by atomic mass is 10.2. The summed E-state index contributed by atoms with van der Waals surface area (Å²) >= 11 is 12.4. The third-order valence-corrected chi connectivity index (χ3v) is 5.44. The fourth-order valence-electron chi connectivity index (χ4n) is 3.24. The Labute approximate surface area is 213 Å². The molecule has 0 unspecified atom stereocenters. The van der Waals surface area contributed by atoms with E-state index in [1.54, 1.807) is 21.0 Å². The number of hydrogen-bond donors (Lipinski definition) is 2. The zero-order valence-electron chi connectivity index (χ0n) is 20.1. The van der Waals surface area contributed by atoms with Crippen molar-refractivity contribution in [2.45, 2.75) is 33.4 Å². The van der Waals surface area contributed by atoms with Crippen LogP contribution in [0, 0.1) is 6.92 Å². The average Bonchev–Trinajstić information content (AvgIpc) is 3.15. The van der Waals surface area contributed by atoms with Crippen molar-refractivity contribution in [1.82, 2.24) is 15.3 Å². The minimum absolute atomic E-state index is 0.116. The van der Waals surface area contributed by atoms with Crippen LogP contribution in [0.5, 0.6) is 0 Å². The summed E-state index contributed by atoms with van der Waals surface area (Å²) in [4.78, 5) is 9.76. The van der Waals surface area contributed by atoms with Gasteiger partial charge in [-0.25, -0.2) is 10.2 Å². The molecule has 0 atom stereocenters. The first-order chi connectivity index (χ1) is 16.7. The first kappa shape index (κ1) is 28.5. The van der Waals surface area contributed by atoms with Crippen LogP contribution in [0.25, 0.3) is 5.69 Å². The zero-order chi connectivity index (χ0) is 26.2. The summed E-state index contributed by atoms with van der Waals surface area (Å²) in [6, 6.07) is 11.5.